The van der Waals surface area contributed by atoms with Gasteiger partial charge in [-0.2, -0.15) is 0 Å². The predicted molar refractivity (Wildman–Crippen MR) is 80.7 cm³/mol. The fourth-order valence-electron chi connectivity index (χ4n) is 2.02. The van der Waals surface area contributed by atoms with E-state index < -0.39 is 11.9 Å². The molecule has 6 heteroatoms. The van der Waals surface area contributed by atoms with Gasteiger partial charge in [-0.3, -0.25) is 4.79 Å². The SMILES string of the molecule is CCc1noc(C)c1C(=O)OCC(=O)Nc1ccccc1C. The quantitative estimate of drug-likeness (QED) is 0.859. The third kappa shape index (κ3) is 3.52. The van der Waals surface area contributed by atoms with Crippen molar-refractivity contribution in [1.29, 1.82) is 0 Å². The second-order valence-electron chi connectivity index (χ2n) is 4.85. The molecule has 0 aliphatic heterocycles. The Morgan fingerprint density at radius 1 is 1.27 bits per heavy atom. The largest absolute Gasteiger partial charge is 0.452 e. The summed E-state index contributed by atoms with van der Waals surface area (Å²) < 4.78 is 10.0. The van der Waals surface area contributed by atoms with E-state index in [0.717, 1.165) is 5.56 Å². The highest BCUT2D eigenvalue weighted by atomic mass is 16.5. The van der Waals surface area contributed by atoms with Crippen LogP contribution >= 0.6 is 0 Å². The number of para-hydroxylation sites is 1. The molecule has 1 heterocycles. The topological polar surface area (TPSA) is 81.4 Å². The molecule has 0 unspecified atom stereocenters. The first kappa shape index (κ1) is 15.8. The Bertz CT molecular complexity index is 691. The molecular formula is C16H18N2O4. The Hall–Kier alpha value is -2.63. The van der Waals surface area contributed by atoms with Crippen molar-refractivity contribution in [3.63, 3.8) is 0 Å². The lowest BCUT2D eigenvalue weighted by Crippen LogP contribution is -2.21. The Balaban J connectivity index is 1.95. The van der Waals surface area contributed by atoms with Crippen molar-refractivity contribution in [3.8, 4) is 0 Å². The summed E-state index contributed by atoms with van der Waals surface area (Å²) in [6, 6.07) is 7.37. The summed E-state index contributed by atoms with van der Waals surface area (Å²) in [7, 11) is 0. The molecule has 2 rings (SSSR count). The van der Waals surface area contributed by atoms with Crippen LogP contribution in [0.2, 0.25) is 0 Å². The highest BCUT2D eigenvalue weighted by Gasteiger charge is 2.21. The number of nitrogens with one attached hydrogen (secondary N) is 1. The van der Waals surface area contributed by atoms with E-state index in [1.165, 1.54) is 0 Å². The molecule has 2 aromatic rings. The summed E-state index contributed by atoms with van der Waals surface area (Å²) in [5.74, 6) is -0.605. The van der Waals surface area contributed by atoms with Crippen molar-refractivity contribution in [2.45, 2.75) is 27.2 Å². The smallest absolute Gasteiger partial charge is 0.344 e. The first-order chi connectivity index (χ1) is 10.5. The van der Waals surface area contributed by atoms with Gasteiger partial charge in [0.1, 0.15) is 11.3 Å². The van der Waals surface area contributed by atoms with Gasteiger partial charge in [0.05, 0.1) is 5.69 Å². The van der Waals surface area contributed by atoms with E-state index >= 15 is 0 Å². The number of amides is 1. The summed E-state index contributed by atoms with van der Waals surface area (Å²) in [5, 5.41) is 6.48. The van der Waals surface area contributed by atoms with Gasteiger partial charge in [0, 0.05) is 5.69 Å². The van der Waals surface area contributed by atoms with Crippen molar-refractivity contribution in [3.05, 3.63) is 46.8 Å². The zero-order chi connectivity index (χ0) is 16.1. The lowest BCUT2D eigenvalue weighted by atomic mass is 10.1. The minimum Gasteiger partial charge on any atom is -0.452 e. The number of carbonyl (C=O) groups excluding carboxylic acids is 2. The van der Waals surface area contributed by atoms with Crippen LogP contribution in [0.4, 0.5) is 5.69 Å². The van der Waals surface area contributed by atoms with Crippen molar-refractivity contribution < 1.29 is 18.8 Å². The molecule has 1 N–H and O–H groups in total. The Kier molecular flexibility index (Phi) is 4.93. The maximum atomic E-state index is 12.0. The first-order valence-electron chi connectivity index (χ1n) is 7.00. The van der Waals surface area contributed by atoms with Gasteiger partial charge in [-0.1, -0.05) is 30.3 Å². The molecule has 22 heavy (non-hydrogen) atoms. The second kappa shape index (κ2) is 6.89. The Morgan fingerprint density at radius 3 is 2.68 bits per heavy atom. The highest BCUT2D eigenvalue weighted by Crippen LogP contribution is 2.16. The van der Waals surface area contributed by atoms with E-state index in [2.05, 4.69) is 10.5 Å². The number of anilines is 1. The predicted octanol–water partition coefficient (Wildman–Crippen LogP) is 2.65. The third-order valence-electron chi connectivity index (χ3n) is 3.23. The van der Waals surface area contributed by atoms with Gasteiger partial charge in [0.25, 0.3) is 5.91 Å². The minimum absolute atomic E-state index is 0.297. The summed E-state index contributed by atoms with van der Waals surface area (Å²) in [6.45, 7) is 5.02. The molecule has 0 spiro atoms. The molecule has 6 nitrogen and oxygen atoms in total. The van der Waals surface area contributed by atoms with E-state index in [9.17, 15) is 9.59 Å². The molecular weight excluding hydrogens is 284 g/mol. The second-order valence-corrected chi connectivity index (χ2v) is 4.85. The monoisotopic (exact) mass is 302 g/mol. The summed E-state index contributed by atoms with van der Waals surface area (Å²) >= 11 is 0. The number of benzene rings is 1. The van der Waals surface area contributed by atoms with Crippen molar-refractivity contribution in [1.82, 2.24) is 5.16 Å². The molecule has 116 valence electrons. The van der Waals surface area contributed by atoms with Crippen LogP contribution in [-0.4, -0.2) is 23.6 Å². The van der Waals surface area contributed by atoms with Crippen LogP contribution in [0.25, 0.3) is 0 Å². The van der Waals surface area contributed by atoms with Crippen LogP contribution in [0.5, 0.6) is 0 Å². The van der Waals surface area contributed by atoms with Gasteiger partial charge >= 0.3 is 5.97 Å². The standard InChI is InChI=1S/C16H18N2O4/c1-4-12-15(11(3)22-18-12)16(20)21-9-14(19)17-13-8-6-5-7-10(13)2/h5-8H,4,9H2,1-3H3,(H,17,19). The summed E-state index contributed by atoms with van der Waals surface area (Å²) in [4.78, 5) is 23.9. The lowest BCUT2D eigenvalue weighted by Gasteiger charge is -2.08. The number of aromatic nitrogens is 1. The first-order valence-corrected chi connectivity index (χ1v) is 7.00. The van der Waals surface area contributed by atoms with Crippen LogP contribution in [-0.2, 0) is 16.0 Å². The number of hydrogen-bond donors (Lipinski definition) is 1. The van der Waals surface area contributed by atoms with E-state index in [1.807, 2.05) is 32.0 Å². The number of carbonyl (C=O) groups is 2. The van der Waals surface area contributed by atoms with Gasteiger partial charge in [-0.25, -0.2) is 4.79 Å². The van der Waals surface area contributed by atoms with Crippen LogP contribution < -0.4 is 5.32 Å². The van der Waals surface area contributed by atoms with Crippen LogP contribution in [0.1, 0.15) is 34.3 Å². The summed E-state index contributed by atoms with van der Waals surface area (Å²) in [6.07, 6.45) is 0.553. The van der Waals surface area contributed by atoms with Gasteiger partial charge in [0.15, 0.2) is 6.61 Å². The van der Waals surface area contributed by atoms with E-state index in [1.54, 1.807) is 13.0 Å². The normalized spacial score (nSPS) is 10.3. The number of hydrogen-bond acceptors (Lipinski definition) is 5. The molecule has 1 amide bonds. The molecule has 0 saturated carbocycles. The van der Waals surface area contributed by atoms with E-state index in [4.69, 9.17) is 9.26 Å². The molecule has 0 bridgehead atoms. The number of aryl methyl sites for hydroxylation is 3. The zero-order valence-corrected chi connectivity index (χ0v) is 12.8. The molecule has 0 fully saturated rings. The van der Waals surface area contributed by atoms with E-state index in [-0.39, 0.29) is 6.61 Å². The van der Waals surface area contributed by atoms with Crippen molar-refractivity contribution in [2.75, 3.05) is 11.9 Å². The molecule has 0 radical (unpaired) electrons. The number of esters is 1. The fourth-order valence-corrected chi connectivity index (χ4v) is 2.02. The van der Waals surface area contributed by atoms with Gasteiger partial charge in [-0.05, 0) is 31.9 Å². The maximum absolute atomic E-state index is 12.0. The fraction of sp³-hybridized carbons (Fsp3) is 0.312. The van der Waals surface area contributed by atoms with Crippen LogP contribution in [0.3, 0.4) is 0 Å². The molecule has 1 aromatic carbocycles. The van der Waals surface area contributed by atoms with Crippen molar-refractivity contribution >= 4 is 17.6 Å². The van der Waals surface area contributed by atoms with E-state index in [0.29, 0.717) is 29.1 Å². The molecule has 0 atom stereocenters. The van der Waals surface area contributed by atoms with Crippen LogP contribution in [0.15, 0.2) is 28.8 Å². The third-order valence-corrected chi connectivity index (χ3v) is 3.23. The Morgan fingerprint density at radius 2 is 2.00 bits per heavy atom. The van der Waals surface area contributed by atoms with Gasteiger partial charge in [-0.15, -0.1) is 0 Å². The number of ether oxygens (including phenoxy) is 1. The molecule has 0 aliphatic carbocycles. The van der Waals surface area contributed by atoms with Gasteiger partial charge in [0.2, 0.25) is 0 Å². The highest BCUT2D eigenvalue weighted by molar-refractivity contribution is 5.96. The summed E-state index contributed by atoms with van der Waals surface area (Å²) in [5.41, 5.74) is 2.46. The average Bonchev–Trinajstić information content (AvgIpc) is 2.88. The lowest BCUT2D eigenvalue weighted by molar-refractivity contribution is -0.119. The minimum atomic E-state index is -0.601. The molecule has 1 aromatic heterocycles. The zero-order valence-electron chi connectivity index (χ0n) is 12.8. The van der Waals surface area contributed by atoms with Gasteiger partial charge < -0.3 is 14.6 Å². The van der Waals surface area contributed by atoms with Crippen LogP contribution in [0, 0.1) is 13.8 Å². The average molecular weight is 302 g/mol. The maximum Gasteiger partial charge on any atom is 0.344 e. The van der Waals surface area contributed by atoms with Crippen molar-refractivity contribution in [2.24, 2.45) is 0 Å². The number of nitrogens with zero attached hydrogens (tertiary/aromatic N) is 1. The number of rotatable bonds is 5. The molecule has 0 aliphatic rings. The molecule has 0 saturated heterocycles. The Labute approximate surface area is 128 Å².